The van der Waals surface area contributed by atoms with Crippen molar-refractivity contribution in [1.82, 2.24) is 4.90 Å². The lowest BCUT2D eigenvalue weighted by atomic mass is 10.2. The van der Waals surface area contributed by atoms with E-state index >= 15 is 0 Å². The molecule has 0 atom stereocenters. The quantitative estimate of drug-likeness (QED) is 0.621. The SMILES string of the molecule is CN(C)C(C=Cc1ccccc1)=CC(=O)O. The van der Waals surface area contributed by atoms with Crippen LogP contribution in [0.15, 0.2) is 48.2 Å². The van der Waals surface area contributed by atoms with Crippen LogP contribution >= 0.6 is 0 Å². The van der Waals surface area contributed by atoms with E-state index in [1.165, 1.54) is 6.08 Å². The molecule has 3 nitrogen and oxygen atoms in total. The molecule has 1 aromatic rings. The van der Waals surface area contributed by atoms with Gasteiger partial charge in [0.2, 0.25) is 0 Å². The van der Waals surface area contributed by atoms with Gasteiger partial charge in [0.15, 0.2) is 0 Å². The molecule has 0 amide bonds. The fourth-order valence-corrected chi connectivity index (χ4v) is 1.20. The standard InChI is InChI=1S/C13H15NO2/c1-14(2)12(10-13(15)16)9-8-11-6-4-3-5-7-11/h3-10H,1-2H3,(H,15,16). The van der Waals surface area contributed by atoms with Crippen LogP contribution in [-0.2, 0) is 4.79 Å². The highest BCUT2D eigenvalue weighted by Gasteiger charge is 1.98. The molecule has 0 fully saturated rings. The summed E-state index contributed by atoms with van der Waals surface area (Å²) in [5.74, 6) is -0.943. The highest BCUT2D eigenvalue weighted by Crippen LogP contribution is 2.06. The van der Waals surface area contributed by atoms with Crippen molar-refractivity contribution in [3.8, 4) is 0 Å². The van der Waals surface area contributed by atoms with Gasteiger partial charge in [-0.1, -0.05) is 36.4 Å². The van der Waals surface area contributed by atoms with Gasteiger partial charge in [-0.2, -0.15) is 0 Å². The van der Waals surface area contributed by atoms with Crippen LogP contribution in [0, 0.1) is 0 Å². The summed E-state index contributed by atoms with van der Waals surface area (Å²) in [5.41, 5.74) is 1.69. The lowest BCUT2D eigenvalue weighted by Crippen LogP contribution is -2.10. The molecule has 1 aromatic carbocycles. The minimum atomic E-state index is -0.943. The van der Waals surface area contributed by atoms with Crippen LogP contribution in [0.2, 0.25) is 0 Å². The molecule has 1 N–H and O–H groups in total. The number of likely N-dealkylation sites (N-methyl/N-ethyl adjacent to an activating group) is 1. The first-order valence-electron chi connectivity index (χ1n) is 4.94. The average Bonchev–Trinajstić information content (AvgIpc) is 2.25. The molecule has 0 saturated carbocycles. The first-order valence-corrected chi connectivity index (χ1v) is 4.94. The van der Waals surface area contributed by atoms with Gasteiger partial charge >= 0.3 is 5.97 Å². The van der Waals surface area contributed by atoms with E-state index in [-0.39, 0.29) is 0 Å². The van der Waals surface area contributed by atoms with E-state index < -0.39 is 5.97 Å². The summed E-state index contributed by atoms with van der Waals surface area (Å²) in [6.45, 7) is 0. The number of rotatable bonds is 4. The topological polar surface area (TPSA) is 40.5 Å². The molecule has 0 aliphatic heterocycles. The molecule has 0 saturated heterocycles. The van der Waals surface area contributed by atoms with E-state index in [1.54, 1.807) is 11.0 Å². The van der Waals surface area contributed by atoms with Crippen LogP contribution < -0.4 is 0 Å². The summed E-state index contributed by atoms with van der Waals surface area (Å²) in [5, 5.41) is 8.69. The van der Waals surface area contributed by atoms with E-state index in [2.05, 4.69) is 0 Å². The van der Waals surface area contributed by atoms with Gasteiger partial charge < -0.3 is 10.0 Å². The Kier molecular flexibility index (Phi) is 4.33. The number of aliphatic carboxylic acids is 1. The zero-order valence-electron chi connectivity index (χ0n) is 9.42. The third-order valence-corrected chi connectivity index (χ3v) is 2.03. The number of hydrogen-bond donors (Lipinski definition) is 1. The number of carboxylic acids is 1. The van der Waals surface area contributed by atoms with E-state index in [1.807, 2.05) is 50.5 Å². The maximum absolute atomic E-state index is 10.6. The number of benzene rings is 1. The zero-order chi connectivity index (χ0) is 12.0. The predicted molar refractivity (Wildman–Crippen MR) is 64.9 cm³/mol. The average molecular weight is 217 g/mol. The molecular formula is C13H15NO2. The molecule has 0 spiro atoms. The molecule has 0 aliphatic rings. The van der Waals surface area contributed by atoms with Crippen LogP contribution in [0.5, 0.6) is 0 Å². The van der Waals surface area contributed by atoms with E-state index in [0.717, 1.165) is 5.56 Å². The fourth-order valence-electron chi connectivity index (χ4n) is 1.20. The van der Waals surface area contributed by atoms with Crippen LogP contribution in [-0.4, -0.2) is 30.1 Å². The van der Waals surface area contributed by atoms with E-state index in [4.69, 9.17) is 5.11 Å². The van der Waals surface area contributed by atoms with Crippen LogP contribution in [0.3, 0.4) is 0 Å². The second-order valence-corrected chi connectivity index (χ2v) is 3.55. The second kappa shape index (κ2) is 5.75. The Morgan fingerprint density at radius 1 is 1.25 bits per heavy atom. The van der Waals surface area contributed by atoms with Crippen molar-refractivity contribution < 1.29 is 9.90 Å². The predicted octanol–water partition coefficient (Wildman–Crippen LogP) is 2.23. The second-order valence-electron chi connectivity index (χ2n) is 3.55. The molecule has 84 valence electrons. The van der Waals surface area contributed by atoms with Gasteiger partial charge in [-0.25, -0.2) is 4.79 Å². The third kappa shape index (κ3) is 4.00. The maximum atomic E-state index is 10.6. The van der Waals surface area contributed by atoms with Gasteiger partial charge in [0.05, 0.1) is 0 Å². The van der Waals surface area contributed by atoms with Gasteiger partial charge in [-0.3, -0.25) is 0 Å². The van der Waals surface area contributed by atoms with Crippen molar-refractivity contribution in [3.05, 3.63) is 53.7 Å². The summed E-state index contributed by atoms with van der Waals surface area (Å²) in [4.78, 5) is 12.3. The Balaban J connectivity index is 2.85. The molecular weight excluding hydrogens is 202 g/mol. The summed E-state index contributed by atoms with van der Waals surface area (Å²) in [7, 11) is 3.62. The molecule has 1 rings (SSSR count). The largest absolute Gasteiger partial charge is 0.478 e. The normalized spacial score (nSPS) is 11.8. The molecule has 0 heterocycles. The molecule has 0 radical (unpaired) electrons. The minimum absolute atomic E-state index is 0.649. The van der Waals surface area contributed by atoms with Crippen LogP contribution in [0.25, 0.3) is 6.08 Å². The number of carbonyl (C=O) groups is 1. The van der Waals surface area contributed by atoms with Gasteiger partial charge in [0.1, 0.15) is 0 Å². The third-order valence-electron chi connectivity index (χ3n) is 2.03. The maximum Gasteiger partial charge on any atom is 0.330 e. The first kappa shape index (κ1) is 12.0. The first-order chi connectivity index (χ1) is 7.59. The minimum Gasteiger partial charge on any atom is -0.478 e. The van der Waals surface area contributed by atoms with E-state index in [0.29, 0.717) is 5.70 Å². The van der Waals surface area contributed by atoms with Gasteiger partial charge in [0.25, 0.3) is 0 Å². The Labute approximate surface area is 95.3 Å². The van der Waals surface area contributed by atoms with Gasteiger partial charge in [-0.15, -0.1) is 0 Å². The van der Waals surface area contributed by atoms with Crippen molar-refractivity contribution >= 4 is 12.0 Å². The Morgan fingerprint density at radius 2 is 1.88 bits per heavy atom. The Bertz CT molecular complexity index is 405. The van der Waals surface area contributed by atoms with Crippen LogP contribution in [0.4, 0.5) is 0 Å². The molecule has 0 bridgehead atoms. The Morgan fingerprint density at radius 3 is 2.38 bits per heavy atom. The highest BCUT2D eigenvalue weighted by molar-refractivity contribution is 5.81. The number of carboxylic acid groups (broad SMARTS) is 1. The molecule has 0 aliphatic carbocycles. The zero-order valence-corrected chi connectivity index (χ0v) is 9.42. The highest BCUT2D eigenvalue weighted by atomic mass is 16.4. The van der Waals surface area contributed by atoms with E-state index in [9.17, 15) is 4.79 Å². The fraction of sp³-hybridized carbons (Fsp3) is 0.154. The summed E-state index contributed by atoms with van der Waals surface area (Å²) >= 11 is 0. The molecule has 0 aromatic heterocycles. The monoisotopic (exact) mass is 217 g/mol. The van der Waals surface area contributed by atoms with Crippen molar-refractivity contribution in [1.29, 1.82) is 0 Å². The molecule has 16 heavy (non-hydrogen) atoms. The number of allylic oxidation sites excluding steroid dienone is 1. The summed E-state index contributed by atoms with van der Waals surface area (Å²) in [6, 6.07) is 9.75. The van der Waals surface area contributed by atoms with Crippen molar-refractivity contribution in [2.45, 2.75) is 0 Å². The van der Waals surface area contributed by atoms with Gasteiger partial charge in [-0.05, 0) is 11.6 Å². The Hall–Kier alpha value is -2.03. The molecule has 0 unspecified atom stereocenters. The van der Waals surface area contributed by atoms with Crippen LogP contribution in [0.1, 0.15) is 5.56 Å². The van der Waals surface area contributed by atoms with Gasteiger partial charge in [0, 0.05) is 25.9 Å². The lowest BCUT2D eigenvalue weighted by molar-refractivity contribution is -0.131. The molecule has 3 heteroatoms. The lowest BCUT2D eigenvalue weighted by Gasteiger charge is -2.12. The van der Waals surface area contributed by atoms with Crippen molar-refractivity contribution in [2.24, 2.45) is 0 Å². The van der Waals surface area contributed by atoms with Crippen molar-refractivity contribution in [3.63, 3.8) is 0 Å². The summed E-state index contributed by atoms with van der Waals surface area (Å²) < 4.78 is 0. The number of nitrogens with zero attached hydrogens (tertiary/aromatic N) is 1. The smallest absolute Gasteiger partial charge is 0.330 e. The number of hydrogen-bond acceptors (Lipinski definition) is 2. The summed E-state index contributed by atoms with van der Waals surface area (Å²) in [6.07, 6.45) is 4.84. The van der Waals surface area contributed by atoms with Crippen molar-refractivity contribution in [2.75, 3.05) is 14.1 Å².